The van der Waals surface area contributed by atoms with Crippen LogP contribution in [0.25, 0.3) is 0 Å². The molecule has 0 aromatic heterocycles. The average molecular weight is 1120 g/mol. The summed E-state index contributed by atoms with van der Waals surface area (Å²) in [6.45, 7) is 15.5. The number of ether oxygens (including phenoxy) is 9. The van der Waals surface area contributed by atoms with Crippen molar-refractivity contribution in [2.24, 2.45) is 50.2 Å². The molecule has 0 amide bonds. The first-order valence-corrected chi connectivity index (χ1v) is 28.2. The molecule has 13 N–H and O–H groups in total. The highest BCUT2D eigenvalue weighted by Crippen LogP contribution is 2.76. The largest absolute Gasteiger partial charge is 0.467 e. The van der Waals surface area contributed by atoms with Crippen LogP contribution in [0, 0.1) is 50.2 Å². The minimum atomic E-state index is -1.99. The maximum absolute atomic E-state index is 13.2. The number of methoxy groups -OCH3 is 1. The number of esters is 1. The van der Waals surface area contributed by atoms with Gasteiger partial charge < -0.3 is 109 Å². The molecule has 0 aromatic carbocycles. The molecule has 5 aliphatic carbocycles. The Morgan fingerprint density at radius 3 is 1.73 bits per heavy atom. The summed E-state index contributed by atoms with van der Waals surface area (Å²) in [6.07, 6.45) is -25.2. The van der Waals surface area contributed by atoms with Gasteiger partial charge in [-0.3, -0.25) is 0 Å². The van der Waals surface area contributed by atoms with Crippen LogP contribution >= 0.6 is 0 Å². The number of rotatable bonds is 12. The van der Waals surface area contributed by atoms with Gasteiger partial charge in [-0.2, -0.15) is 0 Å². The Kier molecular flexibility index (Phi) is 17.3. The fraction of sp³-hybridized carbons (Fsp3) is 0.945. The number of hydrogen-bond acceptors (Lipinski definition) is 23. The summed E-state index contributed by atoms with van der Waals surface area (Å²) in [5, 5.41) is 142. The third-order valence-corrected chi connectivity index (χ3v) is 21.8. The lowest BCUT2D eigenvalue weighted by atomic mass is 9.33. The summed E-state index contributed by atoms with van der Waals surface area (Å²) in [7, 11) is 1.08. The summed E-state index contributed by atoms with van der Waals surface area (Å²) < 4.78 is 54.4. The van der Waals surface area contributed by atoms with E-state index in [0.717, 1.165) is 39.2 Å². The molecule has 0 aromatic rings. The summed E-state index contributed by atoms with van der Waals surface area (Å²) in [5.41, 5.74) is -0.964. The second kappa shape index (κ2) is 22.1. The van der Waals surface area contributed by atoms with Crippen molar-refractivity contribution in [3.05, 3.63) is 11.6 Å². The monoisotopic (exact) mass is 1120 g/mol. The molecule has 0 bridgehead atoms. The highest BCUT2D eigenvalue weighted by atomic mass is 16.8. The second-order valence-electron chi connectivity index (χ2n) is 26.6. The van der Waals surface area contributed by atoms with Crippen molar-refractivity contribution >= 4 is 5.97 Å². The van der Waals surface area contributed by atoms with Gasteiger partial charge in [0.1, 0.15) is 85.5 Å². The maximum atomic E-state index is 13.2. The van der Waals surface area contributed by atoms with Crippen molar-refractivity contribution in [2.75, 3.05) is 26.9 Å². The minimum absolute atomic E-state index is 0.0971. The summed E-state index contributed by atoms with van der Waals surface area (Å²) in [4.78, 5) is 13.2. The van der Waals surface area contributed by atoms with E-state index >= 15 is 0 Å². The molecule has 78 heavy (non-hydrogen) atoms. The molecular weight excluding hydrogens is 1030 g/mol. The number of fused-ring (bicyclic) bond motifs is 7. The van der Waals surface area contributed by atoms with E-state index in [1.807, 2.05) is 6.92 Å². The molecule has 4 saturated heterocycles. The van der Waals surface area contributed by atoms with Crippen molar-refractivity contribution in [3.8, 4) is 0 Å². The van der Waals surface area contributed by atoms with E-state index in [-0.39, 0.29) is 57.5 Å². The number of aliphatic hydroxyl groups excluding tert-OH is 13. The molecule has 4 heterocycles. The first kappa shape index (κ1) is 60.9. The smallest absolute Gasteiger partial charge is 0.337 e. The summed E-state index contributed by atoms with van der Waals surface area (Å²) in [6, 6.07) is 0. The Hall–Kier alpha value is -1.63. The van der Waals surface area contributed by atoms with Crippen molar-refractivity contribution in [1.82, 2.24) is 0 Å². The van der Waals surface area contributed by atoms with Crippen molar-refractivity contribution < 1.29 is 114 Å². The minimum Gasteiger partial charge on any atom is -0.467 e. The van der Waals surface area contributed by atoms with Gasteiger partial charge in [0.05, 0.1) is 45.2 Å². The third-order valence-electron chi connectivity index (χ3n) is 21.8. The number of carbonyl (C=O) groups is 1. The lowest BCUT2D eigenvalue weighted by Gasteiger charge is -2.72. The van der Waals surface area contributed by atoms with E-state index in [0.29, 0.717) is 25.7 Å². The Bertz CT molecular complexity index is 2150. The van der Waals surface area contributed by atoms with Gasteiger partial charge in [0.2, 0.25) is 0 Å². The van der Waals surface area contributed by atoms with Gasteiger partial charge >= 0.3 is 5.97 Å². The van der Waals surface area contributed by atoms with Crippen LogP contribution in [0.4, 0.5) is 0 Å². The zero-order chi connectivity index (χ0) is 57.1. The normalized spacial score (nSPS) is 55.1. The standard InChI is InChI=1S/C55H90O23/c1-23-32(59)35(62)40(67)46(71-23)77-43-37(64)34(61)27(21-57)73-48(43)78-44-39(66)38(65)42(45(69)70-9)76-49(44)74-30-13-14-52(5)28(53(30,6)22-58)12-15-55(8)29(52)11-10-24-25-18-50(2,3)19-31(51(25,4)16-17-54(24,55)7)75-47-41(68)36(63)33(60)26(20-56)72-47/h10,23,25-44,46-49,56-68H,11-22H2,1-9H3/t23-,25+,26+,27+,28+,29+,30-,31+,32+,33+,34+,35-,36+,37+,38-,39-,40-,41+,42+,43+,44+,46-,47-,48-,49+,51-,52+,53+,54+,55+/m1/s1. The van der Waals surface area contributed by atoms with E-state index in [1.54, 1.807) is 0 Å². The van der Waals surface area contributed by atoms with Crippen LogP contribution in [0.2, 0.25) is 0 Å². The number of allylic oxidation sites excluding steroid dienone is 2. The Balaban J connectivity index is 0.984. The predicted molar refractivity (Wildman–Crippen MR) is 268 cm³/mol. The lowest BCUT2D eigenvalue weighted by Crippen LogP contribution is -2.68. The first-order chi connectivity index (χ1) is 36.5. The van der Waals surface area contributed by atoms with Crippen molar-refractivity contribution in [1.29, 1.82) is 0 Å². The van der Waals surface area contributed by atoms with Crippen LogP contribution in [0.3, 0.4) is 0 Å². The molecule has 0 spiro atoms. The third kappa shape index (κ3) is 9.78. The molecule has 4 aliphatic heterocycles. The van der Waals surface area contributed by atoms with Crippen molar-refractivity contribution in [2.45, 2.75) is 248 Å². The fourth-order valence-corrected chi connectivity index (χ4v) is 16.7. The number of aliphatic hydroxyl groups is 13. The molecule has 448 valence electrons. The Labute approximate surface area is 455 Å². The van der Waals surface area contributed by atoms with Crippen LogP contribution < -0.4 is 0 Å². The maximum Gasteiger partial charge on any atom is 0.337 e. The van der Waals surface area contributed by atoms with Crippen LogP contribution in [0.15, 0.2) is 11.6 Å². The van der Waals surface area contributed by atoms with Gasteiger partial charge in [0.25, 0.3) is 0 Å². The molecule has 9 aliphatic rings. The van der Waals surface area contributed by atoms with Gasteiger partial charge in [0.15, 0.2) is 31.3 Å². The van der Waals surface area contributed by atoms with Gasteiger partial charge in [-0.15, -0.1) is 0 Å². The van der Waals surface area contributed by atoms with E-state index in [1.165, 1.54) is 12.5 Å². The topological polar surface area (TPSA) is 363 Å². The first-order valence-electron chi connectivity index (χ1n) is 28.2. The van der Waals surface area contributed by atoms with Crippen LogP contribution in [-0.4, -0.2) is 234 Å². The van der Waals surface area contributed by atoms with E-state index in [9.17, 15) is 71.2 Å². The quantitative estimate of drug-likeness (QED) is 0.0608. The number of hydrogen-bond donors (Lipinski definition) is 13. The van der Waals surface area contributed by atoms with Gasteiger partial charge in [-0.05, 0) is 104 Å². The molecule has 23 heteroatoms. The zero-order valence-corrected chi connectivity index (χ0v) is 46.4. The fourth-order valence-electron chi connectivity index (χ4n) is 16.7. The molecule has 0 unspecified atom stereocenters. The molecule has 30 atom stereocenters. The Morgan fingerprint density at radius 1 is 0.564 bits per heavy atom. The lowest BCUT2D eigenvalue weighted by molar-refractivity contribution is -0.396. The van der Waals surface area contributed by atoms with E-state index in [2.05, 4.69) is 47.6 Å². The molecular formula is C55H90O23. The molecule has 9 rings (SSSR count). The number of carbonyl (C=O) groups excluding carboxylic acids is 1. The Morgan fingerprint density at radius 2 is 1.12 bits per heavy atom. The van der Waals surface area contributed by atoms with Gasteiger partial charge in [-0.25, -0.2) is 4.79 Å². The summed E-state index contributed by atoms with van der Waals surface area (Å²) in [5.74, 6) is -0.934. The van der Waals surface area contributed by atoms with Crippen molar-refractivity contribution in [3.63, 3.8) is 0 Å². The molecule has 8 fully saturated rings. The summed E-state index contributed by atoms with van der Waals surface area (Å²) >= 11 is 0. The van der Waals surface area contributed by atoms with E-state index in [4.69, 9.17) is 42.6 Å². The highest BCUT2D eigenvalue weighted by Gasteiger charge is 2.70. The molecule has 23 nitrogen and oxygen atoms in total. The second-order valence-corrected chi connectivity index (χ2v) is 26.6. The zero-order valence-electron chi connectivity index (χ0n) is 46.4. The predicted octanol–water partition coefficient (Wildman–Crippen LogP) is -1.38. The van der Waals surface area contributed by atoms with Crippen LogP contribution in [-0.2, 0) is 47.4 Å². The van der Waals surface area contributed by atoms with Gasteiger partial charge in [-0.1, -0.05) is 60.1 Å². The SMILES string of the molecule is COC(=O)[C@H]1O[C@H](O[C@@H]2CC[C@@]3(C)[C@H](CC[C@@]4(C)[C@H]3CC=C3[C@@H]5CC(C)(C)C[C@H](O[C@H]6O[C@@H](CO)[C@H](O)[C@H](O)[C@@H]6O)[C@]5(C)CC[C@@]34C)[C@]2(C)CO)[C@@H](O[C@H]2O[C@@H](CO)[C@H](O)[C@H](O)[C@@H]2O[C@H]2O[C@H](C)[C@H](O)[C@@H](O)[C@H]2O)[C@H](O)[C@H]1O. The van der Waals surface area contributed by atoms with Crippen LogP contribution in [0.5, 0.6) is 0 Å². The van der Waals surface area contributed by atoms with Crippen LogP contribution in [0.1, 0.15) is 113 Å². The molecule has 4 saturated carbocycles. The highest BCUT2D eigenvalue weighted by molar-refractivity contribution is 5.75. The average Bonchev–Trinajstić information content (AvgIpc) is 3.08. The van der Waals surface area contributed by atoms with Gasteiger partial charge in [0, 0.05) is 10.8 Å². The molecule has 0 radical (unpaired) electrons. The van der Waals surface area contributed by atoms with E-state index < -0.39 is 154 Å².